The zero-order valence-corrected chi connectivity index (χ0v) is 11.8. The molecule has 0 unspecified atom stereocenters. The van der Waals surface area contributed by atoms with Crippen LogP contribution in [0.25, 0.3) is 0 Å². The van der Waals surface area contributed by atoms with Crippen LogP contribution in [0, 0.1) is 0 Å². The van der Waals surface area contributed by atoms with Crippen molar-refractivity contribution in [3.63, 3.8) is 0 Å². The van der Waals surface area contributed by atoms with Crippen LogP contribution in [0.1, 0.15) is 31.1 Å². The molecule has 6 heteroatoms. The summed E-state index contributed by atoms with van der Waals surface area (Å²) < 4.78 is -1.39. The summed E-state index contributed by atoms with van der Waals surface area (Å²) in [6, 6.07) is 4.46. The Kier molecular flexibility index (Phi) is 4.36. The largest absolute Gasteiger partial charge is 0.281 e. The van der Waals surface area contributed by atoms with Gasteiger partial charge in [0.2, 0.25) is 14.1 Å². The van der Waals surface area contributed by atoms with E-state index >= 15 is 0 Å². The maximum absolute atomic E-state index is 11.3. The average Bonchev–Trinajstić information content (AvgIpc) is 2.16. The van der Waals surface area contributed by atoms with Crippen molar-refractivity contribution in [1.29, 1.82) is 0 Å². The lowest BCUT2D eigenvalue weighted by molar-refractivity contribution is 0.105. The van der Waals surface area contributed by atoms with E-state index in [1.807, 2.05) is 0 Å². The zero-order valence-electron chi connectivity index (χ0n) is 7.09. The van der Waals surface area contributed by atoms with Crippen molar-refractivity contribution in [2.75, 3.05) is 0 Å². The van der Waals surface area contributed by atoms with Gasteiger partial charge in [-0.25, -0.2) is 0 Å². The van der Waals surface area contributed by atoms with E-state index in [0.717, 1.165) is 0 Å². The van der Waals surface area contributed by atoms with E-state index in [-0.39, 0.29) is 16.7 Å². The Morgan fingerprint density at radius 3 is 1.47 bits per heavy atom. The highest BCUT2D eigenvalue weighted by Crippen LogP contribution is 2.22. The minimum absolute atomic E-state index is 0.0567. The summed E-state index contributed by atoms with van der Waals surface area (Å²) in [6.07, 6.45) is 0. The molecule has 0 N–H and O–H groups in total. The van der Waals surface area contributed by atoms with Crippen LogP contribution in [0.15, 0.2) is 18.2 Å². The van der Waals surface area contributed by atoms with E-state index in [2.05, 4.69) is 47.8 Å². The smallest absolute Gasteiger partial charge is 0.229 e. The van der Waals surface area contributed by atoms with Crippen LogP contribution in [0.3, 0.4) is 0 Å². The Morgan fingerprint density at radius 2 is 1.20 bits per heavy atom. The predicted octanol–water partition coefficient (Wildman–Crippen LogP) is 3.29. The van der Waals surface area contributed by atoms with Crippen molar-refractivity contribution in [2.45, 2.75) is 0 Å². The van der Waals surface area contributed by atoms with Crippen LogP contribution in [-0.2, 0) is 0 Å². The van der Waals surface area contributed by atoms with Crippen LogP contribution in [-0.4, -0.2) is 14.1 Å². The number of hydrogen-bond acceptors (Lipinski definition) is 3. The molecule has 15 heavy (non-hydrogen) atoms. The number of carbonyl (C=O) groups is 3. The van der Waals surface area contributed by atoms with Crippen molar-refractivity contribution in [3.05, 3.63) is 34.9 Å². The fourth-order valence-electron chi connectivity index (χ4n) is 1.09. The molecule has 78 valence electrons. The van der Waals surface area contributed by atoms with Crippen LogP contribution in [0.4, 0.5) is 0 Å². The van der Waals surface area contributed by atoms with Crippen molar-refractivity contribution in [3.8, 4) is 0 Å². The van der Waals surface area contributed by atoms with Crippen LogP contribution in [0.5, 0.6) is 0 Å². The molecule has 0 aromatic heterocycles. The molecule has 0 radical (unpaired) electrons. The van der Waals surface area contributed by atoms with Gasteiger partial charge >= 0.3 is 0 Å². The quantitative estimate of drug-likeness (QED) is 0.734. The van der Waals surface area contributed by atoms with E-state index in [4.69, 9.17) is 0 Å². The van der Waals surface area contributed by atoms with Gasteiger partial charge < -0.3 is 0 Å². The third kappa shape index (κ3) is 2.83. The molecule has 0 bridgehead atoms. The lowest BCUT2D eigenvalue weighted by Gasteiger charge is -2.05. The normalized spacial score (nSPS) is 9.80. The van der Waals surface area contributed by atoms with Gasteiger partial charge in [0, 0.05) is 11.1 Å². The Balaban J connectivity index is 3.56. The summed E-state index contributed by atoms with van der Waals surface area (Å²) in [5.41, 5.74) is 0.366. The number of halogens is 3. The average molecular weight is 399 g/mol. The minimum Gasteiger partial charge on any atom is -0.281 e. The molecule has 1 aromatic carbocycles. The molecular weight excluding hydrogens is 396 g/mol. The van der Waals surface area contributed by atoms with E-state index in [1.165, 1.54) is 18.2 Å². The maximum Gasteiger partial charge on any atom is 0.229 e. The first-order valence-corrected chi connectivity index (χ1v) is 6.05. The molecule has 0 spiro atoms. The molecule has 1 rings (SSSR count). The van der Waals surface area contributed by atoms with Gasteiger partial charge in [0.05, 0.1) is 5.56 Å². The van der Waals surface area contributed by atoms with Crippen molar-refractivity contribution in [1.82, 2.24) is 0 Å². The Morgan fingerprint density at radius 1 is 0.800 bits per heavy atom. The number of rotatable bonds is 3. The Hall–Kier alpha value is -0.330. The topological polar surface area (TPSA) is 51.2 Å². The van der Waals surface area contributed by atoms with Crippen LogP contribution >= 0.6 is 47.8 Å². The fourth-order valence-corrected chi connectivity index (χ4v) is 2.18. The van der Waals surface area contributed by atoms with Crippen molar-refractivity contribution in [2.24, 2.45) is 0 Å². The molecule has 1 aromatic rings. The summed E-state index contributed by atoms with van der Waals surface area (Å²) in [4.78, 5) is 33.6. The summed E-state index contributed by atoms with van der Waals surface area (Å²) in [5.74, 6) is 0. The Labute approximate surface area is 111 Å². The van der Waals surface area contributed by atoms with Gasteiger partial charge in [0.1, 0.15) is 0 Å². The molecular formula is C9H3Br3O3. The first-order chi connectivity index (χ1) is 6.95. The SMILES string of the molecule is O=C(Br)c1cccc(C(=O)Br)c1C(=O)Br. The molecule has 0 amide bonds. The standard InChI is InChI=1S/C9H3Br3O3/c10-7(13)4-2-1-3-5(8(11)14)6(4)9(12)15/h1-3H. The lowest BCUT2D eigenvalue weighted by Crippen LogP contribution is -2.06. The molecule has 0 atom stereocenters. The summed E-state index contributed by atoms with van der Waals surface area (Å²) >= 11 is 8.23. The maximum atomic E-state index is 11.3. The van der Waals surface area contributed by atoms with E-state index in [0.29, 0.717) is 0 Å². The zero-order chi connectivity index (χ0) is 11.6. The van der Waals surface area contributed by atoms with Crippen molar-refractivity contribution >= 4 is 61.9 Å². The molecule has 0 heterocycles. The van der Waals surface area contributed by atoms with Gasteiger partial charge in [0.15, 0.2) is 0 Å². The second-order valence-electron chi connectivity index (χ2n) is 2.55. The van der Waals surface area contributed by atoms with Gasteiger partial charge in [0.25, 0.3) is 0 Å². The number of benzene rings is 1. The number of hydrogen-bond donors (Lipinski definition) is 0. The molecule has 0 fully saturated rings. The summed E-state index contributed by atoms with van der Waals surface area (Å²) in [6.45, 7) is 0. The first-order valence-electron chi connectivity index (χ1n) is 3.67. The second kappa shape index (κ2) is 5.14. The molecule has 0 saturated carbocycles. The van der Waals surface area contributed by atoms with Crippen molar-refractivity contribution < 1.29 is 14.4 Å². The van der Waals surface area contributed by atoms with Gasteiger partial charge in [-0.2, -0.15) is 0 Å². The monoisotopic (exact) mass is 396 g/mol. The van der Waals surface area contributed by atoms with Gasteiger partial charge in [-0.3, -0.25) is 14.4 Å². The number of carbonyl (C=O) groups excluding carboxylic acids is 3. The predicted molar refractivity (Wildman–Crippen MR) is 66.2 cm³/mol. The van der Waals surface area contributed by atoms with E-state index < -0.39 is 14.1 Å². The first kappa shape index (κ1) is 12.7. The summed E-state index contributed by atoms with van der Waals surface area (Å²) in [7, 11) is 0. The van der Waals surface area contributed by atoms with E-state index in [9.17, 15) is 14.4 Å². The lowest BCUT2D eigenvalue weighted by atomic mass is 10.0. The molecule has 0 saturated heterocycles. The van der Waals surface area contributed by atoms with Gasteiger partial charge in [-0.05, 0) is 59.9 Å². The highest BCUT2D eigenvalue weighted by molar-refractivity contribution is 9.19. The molecule has 0 aliphatic carbocycles. The third-order valence-corrected chi connectivity index (χ3v) is 2.94. The molecule has 3 nitrogen and oxygen atoms in total. The van der Waals surface area contributed by atoms with Crippen LogP contribution in [0.2, 0.25) is 0 Å². The minimum atomic E-state index is -0.506. The summed E-state index contributed by atoms with van der Waals surface area (Å²) in [5, 5.41) is 0. The van der Waals surface area contributed by atoms with Gasteiger partial charge in [-0.1, -0.05) is 6.07 Å². The second-order valence-corrected chi connectivity index (χ2v) is 4.71. The highest BCUT2D eigenvalue weighted by atomic mass is 79.9. The Bertz CT molecular complexity index is 422. The highest BCUT2D eigenvalue weighted by Gasteiger charge is 2.20. The van der Waals surface area contributed by atoms with E-state index in [1.54, 1.807) is 0 Å². The molecule has 0 aliphatic heterocycles. The fraction of sp³-hybridized carbons (Fsp3) is 0. The van der Waals surface area contributed by atoms with Gasteiger partial charge in [-0.15, -0.1) is 0 Å². The molecule has 0 aliphatic rings. The van der Waals surface area contributed by atoms with Crippen LogP contribution < -0.4 is 0 Å². The third-order valence-electron chi connectivity index (χ3n) is 1.68.